The Balaban J connectivity index is 0.000000384. The van der Waals surface area contributed by atoms with Crippen LogP contribution < -0.4 is 5.32 Å². The molecule has 0 saturated heterocycles. The summed E-state index contributed by atoms with van der Waals surface area (Å²) in [7, 11) is 0. The third-order valence-corrected chi connectivity index (χ3v) is 7.04. The predicted octanol–water partition coefficient (Wildman–Crippen LogP) is 9.99. The van der Waals surface area contributed by atoms with Gasteiger partial charge in [0.05, 0.1) is 0 Å². The number of rotatable bonds is 10. The van der Waals surface area contributed by atoms with E-state index >= 15 is 0 Å². The number of phenols is 1. The van der Waals surface area contributed by atoms with E-state index in [9.17, 15) is 5.11 Å². The van der Waals surface area contributed by atoms with Gasteiger partial charge in [-0.05, 0) is 49.0 Å². The molecule has 5 rings (SSSR count). The Morgan fingerprint density at radius 3 is 1.73 bits per heavy atom. The number of aryl methyl sites for hydroxylation is 1. The molecule has 0 atom stereocenters. The fraction of sp³-hybridized carbons (Fsp3) is 0.220. The molecule has 230 valence electrons. The maximum atomic E-state index is 10.8. The second-order valence-corrected chi connectivity index (χ2v) is 11.2. The summed E-state index contributed by atoms with van der Waals surface area (Å²) < 4.78 is 0. The molecule has 5 aromatic carbocycles. The van der Waals surface area contributed by atoms with Gasteiger partial charge in [-0.2, -0.15) is 49.2 Å². The number of nitrogens with zero attached hydrogens (tertiary/aromatic N) is 1. The number of para-hydroxylation sites is 1. The zero-order valence-corrected chi connectivity index (χ0v) is 29.5. The molecule has 4 heteroatoms. The molecule has 0 saturated carbocycles. The second-order valence-electron chi connectivity index (χ2n) is 11.2. The summed E-state index contributed by atoms with van der Waals surface area (Å²) in [4.78, 5) is 0. The first-order valence-electron chi connectivity index (χ1n) is 15.4. The van der Waals surface area contributed by atoms with E-state index in [2.05, 4.69) is 82.4 Å². The van der Waals surface area contributed by atoms with E-state index in [1.807, 2.05) is 84.9 Å². The van der Waals surface area contributed by atoms with Gasteiger partial charge in [-0.25, -0.2) is 0 Å². The topological polar surface area (TPSA) is 46.4 Å². The van der Waals surface area contributed by atoms with E-state index in [-0.39, 0.29) is 26.2 Å². The van der Waals surface area contributed by atoms with Gasteiger partial charge in [0, 0.05) is 6.42 Å². The Hall–Kier alpha value is -3.72. The second kappa shape index (κ2) is 21.1. The Labute approximate surface area is 291 Å². The molecule has 0 aliphatic carbocycles. The summed E-state index contributed by atoms with van der Waals surface area (Å²) in [6.07, 6.45) is 1.56. The number of phenolic OH excluding ortho intramolecular Hbond substituents is 1. The van der Waals surface area contributed by atoms with Gasteiger partial charge in [-0.3, -0.25) is 0 Å². The standard InChI is InChI=1S/C27H33N2O.2C7H7.Zr/c1-20(2)25-11-7-8-12-26(25)29-16-15-28-14-13-23-17-21(3)18-24(27(23)30)19-22-9-5-4-6-10-22;2*1-7-5-3-2-4-6-7;/h4-12,17-18,20,28,30H,13-16,19H2,1-3H3;2*2-6H,1H2;/q3*-1;+4. The molecule has 0 aliphatic rings. The number of benzene rings is 5. The minimum absolute atomic E-state index is 0. The number of nitrogens with one attached hydrogen (secondary N) is 1. The van der Waals surface area contributed by atoms with Crippen molar-refractivity contribution in [3.8, 4) is 5.75 Å². The first-order chi connectivity index (χ1) is 21.3. The Morgan fingerprint density at radius 2 is 1.20 bits per heavy atom. The quantitative estimate of drug-likeness (QED) is 0.114. The van der Waals surface area contributed by atoms with Crippen LogP contribution in [-0.2, 0) is 39.0 Å². The van der Waals surface area contributed by atoms with E-state index in [0.717, 1.165) is 60.4 Å². The summed E-state index contributed by atoms with van der Waals surface area (Å²) in [5.74, 6) is 0.911. The largest absolute Gasteiger partial charge is 4.00 e. The monoisotopic (exact) mass is 673 g/mol. The molecule has 5 aromatic rings. The molecule has 45 heavy (non-hydrogen) atoms. The van der Waals surface area contributed by atoms with Gasteiger partial charge < -0.3 is 15.7 Å². The van der Waals surface area contributed by atoms with Crippen LogP contribution in [-0.4, -0.2) is 24.7 Å². The molecular formula is C41H47N2OZr+. The van der Waals surface area contributed by atoms with Crippen LogP contribution in [0.3, 0.4) is 0 Å². The number of aromatic hydroxyl groups is 1. The molecule has 2 N–H and O–H groups in total. The maximum Gasteiger partial charge on any atom is 4.00 e. The van der Waals surface area contributed by atoms with Crippen LogP contribution in [0.25, 0.3) is 5.32 Å². The Morgan fingerprint density at radius 1 is 0.689 bits per heavy atom. The molecule has 0 fully saturated rings. The van der Waals surface area contributed by atoms with Crippen molar-refractivity contribution in [2.45, 2.75) is 39.5 Å². The zero-order valence-electron chi connectivity index (χ0n) is 27.0. The Bertz CT molecular complexity index is 1450. The van der Waals surface area contributed by atoms with Crippen LogP contribution in [0, 0.1) is 20.8 Å². The summed E-state index contributed by atoms with van der Waals surface area (Å²) in [6.45, 7) is 16.3. The van der Waals surface area contributed by atoms with Crippen LogP contribution in [0.4, 0.5) is 5.69 Å². The molecule has 0 spiro atoms. The van der Waals surface area contributed by atoms with Gasteiger partial charge >= 0.3 is 26.2 Å². The number of hydrogen-bond donors (Lipinski definition) is 2. The van der Waals surface area contributed by atoms with E-state index < -0.39 is 0 Å². The van der Waals surface area contributed by atoms with E-state index in [0.29, 0.717) is 11.7 Å². The smallest absolute Gasteiger partial charge is 0.683 e. The van der Waals surface area contributed by atoms with Crippen molar-refractivity contribution in [3.63, 3.8) is 0 Å². The van der Waals surface area contributed by atoms with Crippen molar-refractivity contribution < 1.29 is 31.3 Å². The van der Waals surface area contributed by atoms with E-state index in [4.69, 9.17) is 5.32 Å². The molecule has 0 bridgehead atoms. The summed E-state index contributed by atoms with van der Waals surface area (Å²) >= 11 is 0. The van der Waals surface area contributed by atoms with Crippen molar-refractivity contribution in [2.75, 3.05) is 19.6 Å². The first-order valence-corrected chi connectivity index (χ1v) is 15.4. The van der Waals surface area contributed by atoms with Crippen molar-refractivity contribution in [1.29, 1.82) is 0 Å². The van der Waals surface area contributed by atoms with Gasteiger partial charge in [0.2, 0.25) is 0 Å². The van der Waals surface area contributed by atoms with Crippen molar-refractivity contribution in [2.24, 2.45) is 0 Å². The van der Waals surface area contributed by atoms with Gasteiger partial charge in [0.15, 0.2) is 0 Å². The molecule has 0 radical (unpaired) electrons. The Kier molecular flexibility index (Phi) is 17.6. The van der Waals surface area contributed by atoms with Gasteiger partial charge in [0.1, 0.15) is 5.75 Å². The van der Waals surface area contributed by atoms with Gasteiger partial charge in [-0.15, -0.1) is 36.5 Å². The van der Waals surface area contributed by atoms with E-state index in [1.54, 1.807) is 0 Å². The average Bonchev–Trinajstić information content (AvgIpc) is 3.03. The fourth-order valence-corrected chi connectivity index (χ4v) is 4.75. The molecule has 0 aromatic heterocycles. The summed E-state index contributed by atoms with van der Waals surface area (Å²) in [6, 6.07) is 42.6. The third kappa shape index (κ3) is 14.3. The van der Waals surface area contributed by atoms with Crippen LogP contribution in [0.5, 0.6) is 5.75 Å². The molecule has 0 aliphatic heterocycles. The van der Waals surface area contributed by atoms with Crippen molar-refractivity contribution in [1.82, 2.24) is 5.32 Å². The van der Waals surface area contributed by atoms with Crippen molar-refractivity contribution in [3.05, 3.63) is 186 Å². The minimum atomic E-state index is 0. The van der Waals surface area contributed by atoms with Crippen molar-refractivity contribution >= 4 is 5.69 Å². The molecule has 0 heterocycles. The van der Waals surface area contributed by atoms with Gasteiger partial charge in [-0.1, -0.05) is 104 Å². The summed E-state index contributed by atoms with van der Waals surface area (Å²) in [5.41, 5.74) is 8.95. The van der Waals surface area contributed by atoms with Gasteiger partial charge in [0.25, 0.3) is 0 Å². The predicted molar refractivity (Wildman–Crippen MR) is 189 cm³/mol. The normalized spacial score (nSPS) is 10.0. The molecule has 0 unspecified atom stereocenters. The number of hydrogen-bond acceptors (Lipinski definition) is 2. The average molecular weight is 675 g/mol. The first kappa shape index (κ1) is 37.5. The maximum absolute atomic E-state index is 10.8. The SMILES string of the molecule is Cc1cc(CCNCC[N-]c2ccccc2C(C)C)c(O)c(Cc2ccccc2)c1.[CH2-]c1ccccc1.[CH2-]c1ccccc1.[Zr+4]. The van der Waals surface area contributed by atoms with E-state index in [1.165, 1.54) is 16.7 Å². The molecule has 0 amide bonds. The van der Waals surface area contributed by atoms with Crippen LogP contribution in [0.15, 0.2) is 127 Å². The van der Waals surface area contributed by atoms with Crippen LogP contribution >= 0.6 is 0 Å². The third-order valence-electron chi connectivity index (χ3n) is 7.04. The van der Waals surface area contributed by atoms with Crippen LogP contribution in [0.2, 0.25) is 0 Å². The minimum Gasteiger partial charge on any atom is -0.683 e. The summed E-state index contributed by atoms with van der Waals surface area (Å²) in [5, 5.41) is 19.0. The fourth-order valence-electron chi connectivity index (χ4n) is 4.75. The molecular weight excluding hydrogens is 628 g/mol. The molecule has 3 nitrogen and oxygen atoms in total. The van der Waals surface area contributed by atoms with Crippen LogP contribution in [0.1, 0.15) is 58.7 Å². The zero-order chi connectivity index (χ0) is 31.6.